The molecule has 7 heteroatoms. The highest BCUT2D eigenvalue weighted by molar-refractivity contribution is 6.00. The molecule has 1 amide bonds. The Kier molecular flexibility index (Phi) is 4.35. The predicted molar refractivity (Wildman–Crippen MR) is 96.8 cm³/mol. The molecule has 0 unspecified atom stereocenters. The molecule has 4 rings (SSSR count). The van der Waals surface area contributed by atoms with Crippen molar-refractivity contribution in [2.75, 3.05) is 31.1 Å². The van der Waals surface area contributed by atoms with Gasteiger partial charge in [0.25, 0.3) is 5.91 Å². The number of amides is 1. The monoisotopic (exact) mass is 349 g/mol. The van der Waals surface area contributed by atoms with E-state index in [1.165, 1.54) is 0 Å². The molecule has 1 fully saturated rings. The Balaban J connectivity index is 1.52. The van der Waals surface area contributed by atoms with Crippen molar-refractivity contribution < 1.29 is 9.32 Å². The maximum Gasteiger partial charge on any atom is 0.259 e. The van der Waals surface area contributed by atoms with Gasteiger partial charge in [0, 0.05) is 44.1 Å². The van der Waals surface area contributed by atoms with Gasteiger partial charge >= 0.3 is 0 Å². The van der Waals surface area contributed by atoms with Crippen LogP contribution < -0.4 is 4.90 Å². The molecule has 1 saturated heterocycles. The lowest BCUT2D eigenvalue weighted by Gasteiger charge is -2.35. The third-order valence-corrected chi connectivity index (χ3v) is 4.56. The summed E-state index contributed by atoms with van der Waals surface area (Å²) >= 11 is 0. The van der Waals surface area contributed by atoms with E-state index >= 15 is 0 Å². The van der Waals surface area contributed by atoms with Crippen LogP contribution in [0.2, 0.25) is 0 Å². The molecule has 0 N–H and O–H groups in total. The van der Waals surface area contributed by atoms with E-state index in [9.17, 15) is 4.79 Å². The van der Waals surface area contributed by atoms with Gasteiger partial charge in [-0.15, -0.1) is 0 Å². The van der Waals surface area contributed by atoms with E-state index in [1.807, 2.05) is 35.2 Å². The van der Waals surface area contributed by atoms with Crippen molar-refractivity contribution in [3.63, 3.8) is 0 Å². The number of piperazine rings is 1. The molecule has 0 aliphatic carbocycles. The first-order valence-corrected chi connectivity index (χ1v) is 8.56. The lowest BCUT2D eigenvalue weighted by atomic mass is 10.0. The van der Waals surface area contributed by atoms with Crippen LogP contribution in [0.4, 0.5) is 5.82 Å². The van der Waals surface area contributed by atoms with Crippen molar-refractivity contribution in [3.8, 4) is 11.3 Å². The third-order valence-electron chi connectivity index (χ3n) is 4.56. The molecule has 1 aromatic carbocycles. The zero-order chi connectivity index (χ0) is 17.9. The van der Waals surface area contributed by atoms with E-state index in [0.717, 1.165) is 24.5 Å². The van der Waals surface area contributed by atoms with Crippen LogP contribution in [-0.2, 0) is 0 Å². The van der Waals surface area contributed by atoms with Gasteiger partial charge in [0.1, 0.15) is 22.8 Å². The van der Waals surface area contributed by atoms with Crippen LogP contribution in [0.3, 0.4) is 0 Å². The Morgan fingerprint density at radius 1 is 1.08 bits per heavy atom. The Morgan fingerprint density at radius 3 is 2.54 bits per heavy atom. The van der Waals surface area contributed by atoms with Crippen LogP contribution in [0.15, 0.2) is 53.4 Å². The highest BCUT2D eigenvalue weighted by Crippen LogP contribution is 2.27. The topological polar surface area (TPSA) is 75.4 Å². The minimum absolute atomic E-state index is 0.0404. The molecular formula is C19H19N5O2. The molecule has 1 aliphatic rings. The molecular weight excluding hydrogens is 330 g/mol. The van der Waals surface area contributed by atoms with Crippen molar-refractivity contribution in [1.82, 2.24) is 20.0 Å². The maximum absolute atomic E-state index is 13.1. The van der Waals surface area contributed by atoms with Gasteiger partial charge in [-0.05, 0) is 6.92 Å². The fraction of sp³-hybridized carbons (Fsp3) is 0.263. The number of hydrogen-bond acceptors (Lipinski definition) is 6. The average molecular weight is 349 g/mol. The summed E-state index contributed by atoms with van der Waals surface area (Å²) in [4.78, 5) is 25.5. The number of carbonyl (C=O) groups excluding carboxylic acids is 1. The van der Waals surface area contributed by atoms with E-state index in [4.69, 9.17) is 4.52 Å². The molecule has 3 aromatic rings. The van der Waals surface area contributed by atoms with Crippen LogP contribution in [0.25, 0.3) is 11.3 Å². The fourth-order valence-corrected chi connectivity index (χ4v) is 3.17. The SMILES string of the molecule is Cc1onc(-c2ccccc2)c1C(=O)N1CCN(c2cnccn2)CC1. The first kappa shape index (κ1) is 16.3. The Morgan fingerprint density at radius 2 is 1.85 bits per heavy atom. The van der Waals surface area contributed by atoms with Gasteiger partial charge in [-0.25, -0.2) is 4.98 Å². The number of anilines is 1. The molecule has 132 valence electrons. The smallest absolute Gasteiger partial charge is 0.259 e. The number of aryl methyl sites for hydroxylation is 1. The normalized spacial score (nSPS) is 14.5. The molecule has 0 atom stereocenters. The van der Waals surface area contributed by atoms with E-state index in [0.29, 0.717) is 30.1 Å². The molecule has 3 heterocycles. The summed E-state index contributed by atoms with van der Waals surface area (Å²) < 4.78 is 5.33. The highest BCUT2D eigenvalue weighted by Gasteiger charge is 2.28. The van der Waals surface area contributed by atoms with Gasteiger partial charge in [0.15, 0.2) is 0 Å². The Hall–Kier alpha value is -3.22. The summed E-state index contributed by atoms with van der Waals surface area (Å²) in [5, 5.41) is 4.11. The van der Waals surface area contributed by atoms with Crippen molar-refractivity contribution in [2.45, 2.75) is 6.92 Å². The molecule has 0 saturated carbocycles. The van der Waals surface area contributed by atoms with Crippen molar-refractivity contribution in [1.29, 1.82) is 0 Å². The number of nitrogens with zero attached hydrogens (tertiary/aromatic N) is 5. The summed E-state index contributed by atoms with van der Waals surface area (Å²) in [6.45, 7) is 4.45. The summed E-state index contributed by atoms with van der Waals surface area (Å²) in [5.41, 5.74) is 2.03. The molecule has 0 radical (unpaired) electrons. The Labute approximate surface area is 151 Å². The van der Waals surface area contributed by atoms with E-state index < -0.39 is 0 Å². The number of benzene rings is 1. The van der Waals surface area contributed by atoms with Crippen LogP contribution in [0, 0.1) is 6.92 Å². The van der Waals surface area contributed by atoms with Crippen LogP contribution in [0.5, 0.6) is 0 Å². The minimum atomic E-state index is -0.0404. The first-order chi connectivity index (χ1) is 12.7. The van der Waals surface area contributed by atoms with Gasteiger partial charge in [-0.2, -0.15) is 0 Å². The molecule has 0 spiro atoms. The Bertz CT molecular complexity index is 887. The van der Waals surface area contributed by atoms with Crippen molar-refractivity contribution >= 4 is 11.7 Å². The largest absolute Gasteiger partial charge is 0.360 e. The second-order valence-electron chi connectivity index (χ2n) is 6.17. The summed E-state index contributed by atoms with van der Waals surface area (Å²) in [5.74, 6) is 1.34. The lowest BCUT2D eigenvalue weighted by molar-refractivity contribution is 0.0745. The fourth-order valence-electron chi connectivity index (χ4n) is 3.17. The van der Waals surface area contributed by atoms with Crippen molar-refractivity contribution in [2.24, 2.45) is 0 Å². The van der Waals surface area contributed by atoms with Gasteiger partial charge < -0.3 is 14.3 Å². The number of hydrogen-bond donors (Lipinski definition) is 0. The standard InChI is InChI=1S/C19H19N5O2/c1-14-17(18(22-26-14)15-5-3-2-4-6-15)19(25)24-11-9-23(10-12-24)16-13-20-7-8-21-16/h2-8,13H,9-12H2,1H3. The molecule has 26 heavy (non-hydrogen) atoms. The molecule has 7 nitrogen and oxygen atoms in total. The average Bonchev–Trinajstić information content (AvgIpc) is 3.10. The summed E-state index contributed by atoms with van der Waals surface area (Å²) in [6.07, 6.45) is 5.08. The lowest BCUT2D eigenvalue weighted by Crippen LogP contribution is -2.49. The zero-order valence-electron chi connectivity index (χ0n) is 14.5. The first-order valence-electron chi connectivity index (χ1n) is 8.56. The van der Waals surface area contributed by atoms with Crippen LogP contribution >= 0.6 is 0 Å². The molecule has 1 aliphatic heterocycles. The second-order valence-corrected chi connectivity index (χ2v) is 6.17. The van der Waals surface area contributed by atoms with Crippen LogP contribution in [0.1, 0.15) is 16.1 Å². The summed E-state index contributed by atoms with van der Waals surface area (Å²) in [7, 11) is 0. The highest BCUT2D eigenvalue weighted by atomic mass is 16.5. The summed E-state index contributed by atoms with van der Waals surface area (Å²) in [6, 6.07) is 9.64. The van der Waals surface area contributed by atoms with E-state index in [-0.39, 0.29) is 5.91 Å². The van der Waals surface area contributed by atoms with Gasteiger partial charge in [0.2, 0.25) is 0 Å². The van der Waals surface area contributed by atoms with Gasteiger partial charge in [-0.1, -0.05) is 35.5 Å². The zero-order valence-corrected chi connectivity index (χ0v) is 14.5. The molecule has 0 bridgehead atoms. The number of carbonyl (C=O) groups is 1. The van der Waals surface area contributed by atoms with E-state index in [1.54, 1.807) is 25.5 Å². The minimum Gasteiger partial charge on any atom is -0.360 e. The van der Waals surface area contributed by atoms with Crippen molar-refractivity contribution in [3.05, 3.63) is 60.2 Å². The maximum atomic E-state index is 13.1. The predicted octanol–water partition coefficient (Wildman–Crippen LogP) is 2.40. The third kappa shape index (κ3) is 3.03. The number of aromatic nitrogens is 3. The van der Waals surface area contributed by atoms with Crippen LogP contribution in [-0.4, -0.2) is 52.1 Å². The van der Waals surface area contributed by atoms with E-state index in [2.05, 4.69) is 20.0 Å². The van der Waals surface area contributed by atoms with Gasteiger partial charge in [0.05, 0.1) is 6.20 Å². The molecule has 2 aromatic heterocycles. The number of rotatable bonds is 3. The quantitative estimate of drug-likeness (QED) is 0.723. The van der Waals surface area contributed by atoms with Gasteiger partial charge in [-0.3, -0.25) is 9.78 Å². The second kappa shape index (κ2) is 6.95.